The third-order valence-corrected chi connectivity index (χ3v) is 7.93. The maximum absolute atomic E-state index is 14.4. The van der Waals surface area contributed by atoms with Crippen molar-refractivity contribution in [1.82, 2.24) is 29.5 Å². The molecular formula is C29H21Cl2N7O3. The number of aromatic nitrogens is 6. The highest BCUT2D eigenvalue weighted by Crippen LogP contribution is 2.31. The number of ether oxygens (including phenoxy) is 1. The average Bonchev–Trinajstić information content (AvgIpc) is 3.42. The Hall–Kier alpha value is -4.51. The summed E-state index contributed by atoms with van der Waals surface area (Å²) in [6.07, 6.45) is 3.18. The van der Waals surface area contributed by atoms with E-state index < -0.39 is 11.2 Å². The van der Waals surface area contributed by atoms with Crippen molar-refractivity contribution in [3.8, 4) is 22.6 Å². The number of nitrogens with zero attached hydrogens (tertiary/aromatic N) is 6. The molecule has 7 rings (SSSR count). The monoisotopic (exact) mass is 585 g/mol. The quantitative estimate of drug-likeness (QED) is 0.321. The van der Waals surface area contributed by atoms with Crippen molar-refractivity contribution in [3.05, 3.63) is 104 Å². The van der Waals surface area contributed by atoms with Gasteiger partial charge in [-0.15, -0.1) is 5.10 Å². The molecular weight excluding hydrogens is 565 g/mol. The molecule has 1 N–H and O–H groups in total. The largest absolute Gasteiger partial charge is 0.378 e. The zero-order valence-electron chi connectivity index (χ0n) is 21.4. The van der Waals surface area contributed by atoms with E-state index in [-0.39, 0.29) is 16.4 Å². The molecule has 0 unspecified atom stereocenters. The van der Waals surface area contributed by atoms with Gasteiger partial charge in [0.25, 0.3) is 5.56 Å². The first-order valence-electron chi connectivity index (χ1n) is 12.9. The molecule has 3 aromatic heterocycles. The number of fused-ring (bicyclic) bond motifs is 2. The Morgan fingerprint density at radius 1 is 0.902 bits per heavy atom. The first-order valence-corrected chi connectivity index (χ1v) is 13.6. The zero-order chi connectivity index (χ0) is 28.1. The zero-order valence-corrected chi connectivity index (χ0v) is 22.9. The molecule has 1 aliphatic rings. The van der Waals surface area contributed by atoms with E-state index in [0.717, 1.165) is 28.7 Å². The van der Waals surface area contributed by atoms with E-state index in [1.54, 1.807) is 24.4 Å². The molecule has 3 aromatic carbocycles. The van der Waals surface area contributed by atoms with E-state index in [2.05, 4.69) is 25.2 Å². The summed E-state index contributed by atoms with van der Waals surface area (Å²) in [7, 11) is 0. The van der Waals surface area contributed by atoms with Crippen molar-refractivity contribution in [2.75, 3.05) is 31.2 Å². The van der Waals surface area contributed by atoms with Crippen LogP contribution in [0.15, 0.2) is 82.6 Å². The van der Waals surface area contributed by atoms with Gasteiger partial charge in [-0.25, -0.2) is 14.0 Å². The van der Waals surface area contributed by atoms with Gasteiger partial charge < -0.3 is 14.6 Å². The molecule has 1 aliphatic heterocycles. The van der Waals surface area contributed by atoms with Crippen LogP contribution in [0.4, 0.5) is 5.69 Å². The van der Waals surface area contributed by atoms with Gasteiger partial charge in [0.2, 0.25) is 0 Å². The molecule has 204 valence electrons. The van der Waals surface area contributed by atoms with Gasteiger partial charge in [-0.1, -0.05) is 58.7 Å². The molecule has 0 spiro atoms. The highest BCUT2D eigenvalue weighted by atomic mass is 35.5. The summed E-state index contributed by atoms with van der Waals surface area (Å²) < 4.78 is 8.04. The Morgan fingerprint density at radius 3 is 2.56 bits per heavy atom. The van der Waals surface area contributed by atoms with E-state index in [9.17, 15) is 9.59 Å². The number of hydrogen-bond donors (Lipinski definition) is 1. The summed E-state index contributed by atoms with van der Waals surface area (Å²) in [5.41, 5.74) is 2.04. The van der Waals surface area contributed by atoms with E-state index in [1.165, 1.54) is 10.9 Å². The lowest BCUT2D eigenvalue weighted by molar-refractivity contribution is 0.122. The fraction of sp³-hybridized carbons (Fsp3) is 0.138. The van der Waals surface area contributed by atoms with Gasteiger partial charge in [-0.2, -0.15) is 0 Å². The van der Waals surface area contributed by atoms with Crippen LogP contribution in [-0.2, 0) is 4.74 Å². The minimum Gasteiger partial charge on any atom is -0.378 e. The summed E-state index contributed by atoms with van der Waals surface area (Å²) >= 11 is 12.5. The predicted octanol–water partition coefficient (Wildman–Crippen LogP) is 4.62. The molecule has 6 aromatic rings. The van der Waals surface area contributed by atoms with Crippen LogP contribution in [-0.4, -0.2) is 55.8 Å². The minimum atomic E-state index is -0.642. The van der Waals surface area contributed by atoms with Crippen LogP contribution in [0.1, 0.15) is 0 Å². The number of nitrogens with one attached hydrogen (secondary N) is 1. The molecule has 0 aliphatic carbocycles. The Labute approximate surface area is 242 Å². The normalized spacial score (nSPS) is 13.8. The second-order valence-corrected chi connectivity index (χ2v) is 10.4. The van der Waals surface area contributed by atoms with Crippen molar-refractivity contribution in [3.63, 3.8) is 0 Å². The second-order valence-electron chi connectivity index (χ2n) is 9.58. The van der Waals surface area contributed by atoms with E-state index >= 15 is 0 Å². The van der Waals surface area contributed by atoms with Crippen LogP contribution in [0.5, 0.6) is 0 Å². The van der Waals surface area contributed by atoms with Crippen molar-refractivity contribution < 1.29 is 4.74 Å². The maximum atomic E-state index is 14.4. The highest BCUT2D eigenvalue weighted by Gasteiger charge is 2.23. The summed E-state index contributed by atoms with van der Waals surface area (Å²) in [6.45, 7) is 2.73. The van der Waals surface area contributed by atoms with Crippen LogP contribution in [0.3, 0.4) is 0 Å². The lowest BCUT2D eigenvalue weighted by atomic mass is 10.1. The fourth-order valence-corrected chi connectivity index (χ4v) is 5.47. The fourth-order valence-electron chi connectivity index (χ4n) is 5.17. The molecule has 0 radical (unpaired) electrons. The van der Waals surface area contributed by atoms with E-state index in [1.807, 2.05) is 42.5 Å². The van der Waals surface area contributed by atoms with Crippen molar-refractivity contribution in [2.24, 2.45) is 0 Å². The number of benzene rings is 3. The number of hydrogen-bond acceptors (Lipinski definition) is 7. The van der Waals surface area contributed by atoms with Crippen LogP contribution in [0.2, 0.25) is 10.0 Å². The highest BCUT2D eigenvalue weighted by molar-refractivity contribution is 6.42. The number of pyridine rings is 1. The van der Waals surface area contributed by atoms with Gasteiger partial charge >= 0.3 is 5.69 Å². The second kappa shape index (κ2) is 10.2. The average molecular weight is 586 g/mol. The summed E-state index contributed by atoms with van der Waals surface area (Å²) in [4.78, 5) is 37.5. The van der Waals surface area contributed by atoms with Crippen LogP contribution in [0, 0.1) is 0 Å². The molecule has 4 heterocycles. The minimum absolute atomic E-state index is 0.0950. The molecule has 10 nitrogen and oxygen atoms in total. The third kappa shape index (κ3) is 4.37. The standard InChI is InChI=1S/C29H21Cl2N7O3/c30-21-7-5-17(13-22(21)31)26-27(38-24-14-19(6-8-23(24)34-35-38)36-9-11-41-12-10-36)28(39)37(29(40)33-26)25-16-32-15-18-3-1-2-4-20(18)25/h1-8,13-16H,9-12H2,(H,33,40). The van der Waals surface area contributed by atoms with Crippen molar-refractivity contribution in [1.29, 1.82) is 0 Å². The van der Waals surface area contributed by atoms with E-state index in [4.69, 9.17) is 27.9 Å². The molecule has 0 bridgehead atoms. The lowest BCUT2D eigenvalue weighted by Gasteiger charge is -2.28. The van der Waals surface area contributed by atoms with E-state index in [0.29, 0.717) is 45.9 Å². The first-order chi connectivity index (χ1) is 20.0. The molecule has 1 saturated heterocycles. The van der Waals surface area contributed by atoms with Crippen molar-refractivity contribution in [2.45, 2.75) is 0 Å². The Balaban J connectivity index is 1.53. The smallest absolute Gasteiger partial charge is 0.333 e. The Bertz CT molecular complexity index is 2070. The number of anilines is 1. The van der Waals surface area contributed by atoms with Crippen molar-refractivity contribution >= 4 is 50.7 Å². The number of aromatic amines is 1. The van der Waals surface area contributed by atoms with Gasteiger partial charge in [0.15, 0.2) is 5.69 Å². The van der Waals surface area contributed by atoms with Gasteiger partial charge in [0, 0.05) is 41.3 Å². The molecule has 1 fully saturated rings. The topological polar surface area (TPSA) is 111 Å². The molecule has 0 atom stereocenters. The van der Waals surface area contributed by atoms with Gasteiger partial charge in [0.1, 0.15) is 5.52 Å². The molecule has 0 saturated carbocycles. The summed E-state index contributed by atoms with van der Waals surface area (Å²) in [5.74, 6) is 0. The summed E-state index contributed by atoms with van der Waals surface area (Å²) in [5, 5.41) is 10.8. The van der Waals surface area contributed by atoms with Crippen LogP contribution < -0.4 is 16.1 Å². The molecule has 41 heavy (non-hydrogen) atoms. The summed E-state index contributed by atoms with van der Waals surface area (Å²) in [6, 6.07) is 18.1. The van der Waals surface area contributed by atoms with Crippen LogP contribution >= 0.6 is 23.2 Å². The maximum Gasteiger partial charge on any atom is 0.333 e. The molecule has 12 heteroatoms. The number of rotatable bonds is 4. The number of H-pyrrole nitrogens is 1. The van der Waals surface area contributed by atoms with Gasteiger partial charge in [0.05, 0.1) is 46.4 Å². The molecule has 0 amide bonds. The van der Waals surface area contributed by atoms with Crippen LogP contribution in [0.25, 0.3) is 44.4 Å². The Kier molecular flexibility index (Phi) is 6.30. The number of morpholine rings is 1. The third-order valence-electron chi connectivity index (χ3n) is 7.19. The Morgan fingerprint density at radius 2 is 1.73 bits per heavy atom. The van der Waals surface area contributed by atoms with Gasteiger partial charge in [-0.3, -0.25) is 9.78 Å². The first kappa shape index (κ1) is 25.5. The number of halogens is 2. The SMILES string of the molecule is O=c1[nH]c(-c2ccc(Cl)c(Cl)c2)c(-n2nnc3ccc(N4CCOCC4)cc32)c(=O)n1-c1cncc2ccccc12. The lowest BCUT2D eigenvalue weighted by Crippen LogP contribution is -2.37. The van der Waals surface area contributed by atoms with Gasteiger partial charge in [-0.05, 0) is 30.3 Å². The predicted molar refractivity (Wildman–Crippen MR) is 159 cm³/mol.